The number of esters is 1. The molecule has 2 aliphatic rings. The zero-order valence-corrected chi connectivity index (χ0v) is 22.5. The molecule has 38 heavy (non-hydrogen) atoms. The summed E-state index contributed by atoms with van der Waals surface area (Å²) in [4.78, 5) is 67.3. The highest BCUT2D eigenvalue weighted by Gasteiger charge is 2.46. The molecule has 1 aromatic rings. The van der Waals surface area contributed by atoms with Gasteiger partial charge in [0.25, 0.3) is 0 Å². The number of hydrogen-bond donors (Lipinski definition) is 2. The van der Waals surface area contributed by atoms with Gasteiger partial charge in [0.2, 0.25) is 17.7 Å². The fourth-order valence-corrected chi connectivity index (χ4v) is 5.73. The standard InChI is InChI=1S/C28H39N3O7/c1-4-30(5-2)23(32)16-20(26(35)36)17-28(14-8-9-15-28)27(37)29-21-13-12-19-10-6-7-11-22(19)31(25(21)34)18-24(33)38-3/h6-7,10-11,20-21H,4-5,8-9,12-18H2,1-3H3,(H,29,37)(H,35,36). The van der Waals surface area contributed by atoms with Gasteiger partial charge in [-0.1, -0.05) is 31.0 Å². The minimum absolute atomic E-state index is 0.0359. The van der Waals surface area contributed by atoms with Gasteiger partial charge in [0.15, 0.2) is 0 Å². The Balaban J connectivity index is 1.82. The Morgan fingerprint density at radius 2 is 1.82 bits per heavy atom. The lowest BCUT2D eigenvalue weighted by molar-refractivity contribution is -0.149. The number of nitrogens with one attached hydrogen (secondary N) is 1. The normalized spacial score (nSPS) is 19.2. The molecule has 1 aliphatic heterocycles. The van der Waals surface area contributed by atoms with Gasteiger partial charge in [0.05, 0.1) is 18.4 Å². The summed E-state index contributed by atoms with van der Waals surface area (Å²) in [6, 6.07) is 6.42. The van der Waals surface area contributed by atoms with E-state index in [-0.39, 0.29) is 31.2 Å². The summed E-state index contributed by atoms with van der Waals surface area (Å²) in [7, 11) is 1.25. The van der Waals surface area contributed by atoms with Crippen molar-refractivity contribution < 1.29 is 33.8 Å². The zero-order valence-electron chi connectivity index (χ0n) is 22.5. The molecule has 3 amide bonds. The summed E-state index contributed by atoms with van der Waals surface area (Å²) in [5.41, 5.74) is 0.521. The minimum atomic E-state index is -1.10. The number of methoxy groups -OCH3 is 1. The number of carboxylic acids is 1. The number of fused-ring (bicyclic) bond motifs is 1. The summed E-state index contributed by atoms with van der Waals surface area (Å²) >= 11 is 0. The third-order valence-electron chi connectivity index (χ3n) is 7.93. The van der Waals surface area contributed by atoms with Gasteiger partial charge in [-0.05, 0) is 57.6 Å². The molecule has 2 atom stereocenters. The van der Waals surface area contributed by atoms with Crippen LogP contribution in [0.2, 0.25) is 0 Å². The number of carbonyl (C=O) groups excluding carboxylic acids is 4. The number of aryl methyl sites for hydroxylation is 1. The molecule has 1 aromatic carbocycles. The smallest absolute Gasteiger partial charge is 0.325 e. The molecular formula is C28H39N3O7. The van der Waals surface area contributed by atoms with Crippen molar-refractivity contribution in [2.24, 2.45) is 11.3 Å². The van der Waals surface area contributed by atoms with Crippen molar-refractivity contribution >= 4 is 35.3 Å². The van der Waals surface area contributed by atoms with Crippen LogP contribution in [0.15, 0.2) is 24.3 Å². The fraction of sp³-hybridized carbons (Fsp3) is 0.607. The maximum absolute atomic E-state index is 13.8. The average molecular weight is 530 g/mol. The molecular weight excluding hydrogens is 490 g/mol. The van der Waals surface area contributed by atoms with Crippen LogP contribution < -0.4 is 10.2 Å². The van der Waals surface area contributed by atoms with Crippen LogP contribution in [-0.4, -0.2) is 72.5 Å². The zero-order chi connectivity index (χ0) is 27.9. The number of rotatable bonds is 11. The van der Waals surface area contributed by atoms with E-state index >= 15 is 0 Å². The van der Waals surface area contributed by atoms with E-state index in [1.807, 2.05) is 26.0 Å². The molecule has 1 heterocycles. The van der Waals surface area contributed by atoms with Crippen LogP contribution in [0, 0.1) is 11.3 Å². The molecule has 0 saturated heterocycles. The Kier molecular flexibility index (Phi) is 9.88. The van der Waals surface area contributed by atoms with Crippen molar-refractivity contribution in [2.75, 3.05) is 31.6 Å². The summed E-state index contributed by atoms with van der Waals surface area (Å²) in [5, 5.41) is 12.9. The van der Waals surface area contributed by atoms with Crippen LogP contribution in [0.4, 0.5) is 5.69 Å². The summed E-state index contributed by atoms with van der Waals surface area (Å²) in [5.74, 6) is -3.69. The Morgan fingerprint density at radius 1 is 1.16 bits per heavy atom. The number of carbonyl (C=O) groups is 5. The summed E-state index contributed by atoms with van der Waals surface area (Å²) in [6.07, 6.45) is 3.26. The Hall–Kier alpha value is -3.43. The van der Waals surface area contributed by atoms with Gasteiger partial charge >= 0.3 is 11.9 Å². The second-order valence-corrected chi connectivity index (χ2v) is 10.2. The molecule has 1 saturated carbocycles. The molecule has 0 bridgehead atoms. The lowest BCUT2D eigenvalue weighted by Crippen LogP contribution is -2.53. The first kappa shape index (κ1) is 29.1. The number of benzene rings is 1. The molecule has 208 valence electrons. The Labute approximate surface area is 223 Å². The maximum atomic E-state index is 13.8. The van der Waals surface area contributed by atoms with E-state index in [1.54, 1.807) is 17.0 Å². The highest BCUT2D eigenvalue weighted by molar-refractivity contribution is 6.03. The molecule has 2 unspecified atom stereocenters. The fourth-order valence-electron chi connectivity index (χ4n) is 5.73. The number of amides is 3. The monoisotopic (exact) mass is 529 g/mol. The lowest BCUT2D eigenvalue weighted by atomic mass is 9.75. The van der Waals surface area contributed by atoms with Crippen molar-refractivity contribution in [1.29, 1.82) is 0 Å². The number of carboxylic acid groups (broad SMARTS) is 1. The Morgan fingerprint density at radius 3 is 2.42 bits per heavy atom. The molecule has 0 aromatic heterocycles. The van der Waals surface area contributed by atoms with Crippen molar-refractivity contribution in [3.8, 4) is 0 Å². The van der Waals surface area contributed by atoms with E-state index in [2.05, 4.69) is 5.32 Å². The van der Waals surface area contributed by atoms with Crippen LogP contribution >= 0.6 is 0 Å². The number of ether oxygens (including phenoxy) is 1. The largest absolute Gasteiger partial charge is 0.481 e. The number of anilines is 1. The van der Waals surface area contributed by atoms with Crippen molar-refractivity contribution in [3.05, 3.63) is 29.8 Å². The van der Waals surface area contributed by atoms with E-state index in [1.165, 1.54) is 12.0 Å². The van der Waals surface area contributed by atoms with E-state index in [0.717, 1.165) is 18.4 Å². The first-order valence-corrected chi connectivity index (χ1v) is 13.4. The first-order chi connectivity index (χ1) is 18.2. The Bertz CT molecular complexity index is 1050. The number of para-hydroxylation sites is 1. The maximum Gasteiger partial charge on any atom is 0.325 e. The molecule has 1 aliphatic carbocycles. The first-order valence-electron chi connectivity index (χ1n) is 13.4. The average Bonchev–Trinajstić information content (AvgIpc) is 3.35. The van der Waals surface area contributed by atoms with Crippen LogP contribution in [0.3, 0.4) is 0 Å². The van der Waals surface area contributed by atoms with Gasteiger partial charge in [-0.25, -0.2) is 0 Å². The number of hydrogen-bond acceptors (Lipinski definition) is 6. The van der Waals surface area contributed by atoms with Crippen LogP contribution in [0.1, 0.15) is 64.4 Å². The third kappa shape index (κ3) is 6.52. The number of aliphatic carboxylic acids is 1. The van der Waals surface area contributed by atoms with E-state index in [0.29, 0.717) is 44.5 Å². The highest BCUT2D eigenvalue weighted by Crippen LogP contribution is 2.44. The molecule has 2 N–H and O–H groups in total. The highest BCUT2D eigenvalue weighted by atomic mass is 16.5. The van der Waals surface area contributed by atoms with Crippen LogP contribution in [0.25, 0.3) is 0 Å². The van der Waals surface area contributed by atoms with E-state index in [4.69, 9.17) is 4.74 Å². The third-order valence-corrected chi connectivity index (χ3v) is 7.93. The predicted octanol–water partition coefficient (Wildman–Crippen LogP) is 2.53. The second kappa shape index (κ2) is 12.9. The quantitative estimate of drug-likeness (QED) is 0.421. The van der Waals surface area contributed by atoms with Gasteiger partial charge in [-0.15, -0.1) is 0 Å². The van der Waals surface area contributed by atoms with Crippen molar-refractivity contribution in [2.45, 2.75) is 71.3 Å². The van der Waals surface area contributed by atoms with Gasteiger partial charge in [0, 0.05) is 25.2 Å². The molecule has 0 spiro atoms. The predicted molar refractivity (Wildman–Crippen MR) is 140 cm³/mol. The van der Waals surface area contributed by atoms with Crippen molar-refractivity contribution in [1.82, 2.24) is 10.2 Å². The summed E-state index contributed by atoms with van der Waals surface area (Å²) < 4.78 is 4.79. The van der Waals surface area contributed by atoms with Gasteiger partial charge in [-0.3, -0.25) is 28.9 Å². The lowest BCUT2D eigenvalue weighted by Gasteiger charge is -2.33. The number of nitrogens with zero attached hydrogens (tertiary/aromatic N) is 2. The summed E-state index contributed by atoms with van der Waals surface area (Å²) in [6.45, 7) is 4.38. The van der Waals surface area contributed by atoms with Gasteiger partial charge in [-0.2, -0.15) is 0 Å². The van der Waals surface area contributed by atoms with Crippen LogP contribution in [0.5, 0.6) is 0 Å². The second-order valence-electron chi connectivity index (χ2n) is 10.2. The molecule has 10 heteroatoms. The van der Waals surface area contributed by atoms with Crippen molar-refractivity contribution in [3.63, 3.8) is 0 Å². The molecule has 10 nitrogen and oxygen atoms in total. The van der Waals surface area contributed by atoms with Crippen LogP contribution in [-0.2, 0) is 35.1 Å². The topological polar surface area (TPSA) is 133 Å². The molecule has 1 fully saturated rings. The van der Waals surface area contributed by atoms with Gasteiger partial charge in [0.1, 0.15) is 12.6 Å². The van der Waals surface area contributed by atoms with E-state index in [9.17, 15) is 29.1 Å². The SMILES string of the molecule is CCN(CC)C(=O)CC(CC1(C(=O)NC2CCc3ccccc3N(CC(=O)OC)C2=O)CCCC1)C(=O)O. The van der Waals surface area contributed by atoms with Gasteiger partial charge < -0.3 is 20.1 Å². The minimum Gasteiger partial charge on any atom is -0.481 e. The molecule has 3 rings (SSSR count). The van der Waals surface area contributed by atoms with E-state index < -0.39 is 35.2 Å². The molecule has 0 radical (unpaired) electrons.